The minimum absolute atomic E-state index is 0.301. The van der Waals surface area contributed by atoms with E-state index in [-0.39, 0.29) is 0 Å². The second kappa shape index (κ2) is 5.41. The van der Waals surface area contributed by atoms with Gasteiger partial charge in [-0.15, -0.1) is 0 Å². The van der Waals surface area contributed by atoms with Crippen LogP contribution in [0.2, 0.25) is 0 Å². The molecular formula is C14H26N4. The van der Waals surface area contributed by atoms with E-state index in [0.29, 0.717) is 18.0 Å². The average Bonchev–Trinajstić information content (AvgIpc) is 2.67. The Kier molecular flexibility index (Phi) is 4.07. The standard InChI is InChI=1S/C14H26N4/c1-10(15)13-6-5-7-18(8-13)12(3)14-9-17(4)16-11(14)2/h9-10,12-13H,5-8,15H2,1-4H3. The molecule has 4 heteroatoms. The number of hydrogen-bond acceptors (Lipinski definition) is 3. The summed E-state index contributed by atoms with van der Waals surface area (Å²) in [5.74, 6) is 0.637. The van der Waals surface area contributed by atoms with Gasteiger partial charge in [0.1, 0.15) is 0 Å². The molecule has 2 N–H and O–H groups in total. The van der Waals surface area contributed by atoms with Crippen LogP contribution in [-0.2, 0) is 7.05 Å². The Hall–Kier alpha value is -0.870. The molecule has 0 bridgehead atoms. The van der Waals surface area contributed by atoms with Gasteiger partial charge in [0.05, 0.1) is 5.69 Å². The van der Waals surface area contributed by atoms with Crippen LogP contribution in [0.15, 0.2) is 6.20 Å². The summed E-state index contributed by atoms with van der Waals surface area (Å²) in [6.07, 6.45) is 4.68. The first kappa shape index (κ1) is 13.6. The molecule has 0 saturated carbocycles. The van der Waals surface area contributed by atoms with Crippen LogP contribution in [0.3, 0.4) is 0 Å². The molecule has 1 aromatic rings. The van der Waals surface area contributed by atoms with Gasteiger partial charge in [0.15, 0.2) is 0 Å². The lowest BCUT2D eigenvalue weighted by Gasteiger charge is -2.38. The van der Waals surface area contributed by atoms with E-state index in [1.54, 1.807) is 0 Å². The van der Waals surface area contributed by atoms with Crippen molar-refractivity contribution in [1.29, 1.82) is 0 Å². The van der Waals surface area contributed by atoms with Crippen molar-refractivity contribution in [2.45, 2.75) is 45.7 Å². The van der Waals surface area contributed by atoms with Crippen LogP contribution < -0.4 is 5.73 Å². The second-order valence-corrected chi connectivity index (χ2v) is 5.78. The van der Waals surface area contributed by atoms with Crippen molar-refractivity contribution >= 4 is 0 Å². The monoisotopic (exact) mass is 250 g/mol. The third-order valence-corrected chi connectivity index (χ3v) is 4.28. The molecule has 0 aromatic carbocycles. The van der Waals surface area contributed by atoms with Gasteiger partial charge in [-0.05, 0) is 46.1 Å². The Bertz CT molecular complexity index is 396. The van der Waals surface area contributed by atoms with Gasteiger partial charge in [-0.25, -0.2) is 0 Å². The van der Waals surface area contributed by atoms with Crippen molar-refractivity contribution in [3.63, 3.8) is 0 Å². The number of aromatic nitrogens is 2. The first-order valence-electron chi connectivity index (χ1n) is 6.98. The van der Waals surface area contributed by atoms with Crippen molar-refractivity contribution < 1.29 is 0 Å². The summed E-state index contributed by atoms with van der Waals surface area (Å²) in [6, 6.07) is 0.746. The van der Waals surface area contributed by atoms with Crippen LogP contribution in [0.4, 0.5) is 0 Å². The Morgan fingerprint density at radius 3 is 2.72 bits per heavy atom. The molecule has 3 unspecified atom stereocenters. The highest BCUT2D eigenvalue weighted by Gasteiger charge is 2.27. The molecule has 1 aliphatic heterocycles. The molecule has 2 rings (SSSR count). The van der Waals surface area contributed by atoms with Gasteiger partial charge in [0.2, 0.25) is 0 Å². The normalized spacial score (nSPS) is 25.1. The second-order valence-electron chi connectivity index (χ2n) is 5.78. The molecule has 1 saturated heterocycles. The first-order chi connectivity index (χ1) is 8.49. The van der Waals surface area contributed by atoms with E-state index in [1.807, 2.05) is 11.7 Å². The number of nitrogens with zero attached hydrogens (tertiary/aromatic N) is 3. The summed E-state index contributed by atoms with van der Waals surface area (Å²) in [5.41, 5.74) is 8.56. The molecule has 1 aliphatic rings. The molecule has 4 nitrogen and oxygen atoms in total. The van der Waals surface area contributed by atoms with E-state index in [9.17, 15) is 0 Å². The van der Waals surface area contributed by atoms with E-state index < -0.39 is 0 Å². The lowest BCUT2D eigenvalue weighted by Crippen LogP contribution is -2.43. The summed E-state index contributed by atoms with van der Waals surface area (Å²) in [5, 5.41) is 4.45. The smallest absolute Gasteiger partial charge is 0.0641 e. The van der Waals surface area contributed by atoms with Gasteiger partial charge in [0, 0.05) is 37.4 Å². The van der Waals surface area contributed by atoms with E-state index in [4.69, 9.17) is 5.73 Å². The van der Waals surface area contributed by atoms with Crippen molar-refractivity contribution in [2.24, 2.45) is 18.7 Å². The highest BCUT2D eigenvalue weighted by atomic mass is 15.3. The number of piperidine rings is 1. The zero-order chi connectivity index (χ0) is 13.3. The number of nitrogens with two attached hydrogens (primary N) is 1. The number of hydrogen-bond donors (Lipinski definition) is 1. The van der Waals surface area contributed by atoms with E-state index in [1.165, 1.54) is 24.9 Å². The molecule has 1 fully saturated rings. The maximum absolute atomic E-state index is 6.06. The molecule has 1 aromatic heterocycles. The first-order valence-corrected chi connectivity index (χ1v) is 6.98. The van der Waals surface area contributed by atoms with Crippen LogP contribution >= 0.6 is 0 Å². The molecule has 102 valence electrons. The number of aryl methyl sites for hydroxylation is 2. The van der Waals surface area contributed by atoms with Gasteiger partial charge in [-0.2, -0.15) is 5.10 Å². The summed E-state index contributed by atoms with van der Waals surface area (Å²) in [6.45, 7) is 8.81. The topological polar surface area (TPSA) is 47.1 Å². The highest BCUT2D eigenvalue weighted by molar-refractivity contribution is 5.19. The molecule has 0 aliphatic carbocycles. The molecule has 3 atom stereocenters. The predicted molar refractivity (Wildman–Crippen MR) is 74.3 cm³/mol. The maximum atomic E-state index is 6.06. The van der Waals surface area contributed by atoms with Gasteiger partial charge in [-0.3, -0.25) is 9.58 Å². The third kappa shape index (κ3) is 2.75. The minimum Gasteiger partial charge on any atom is -0.328 e. The van der Waals surface area contributed by atoms with E-state index in [0.717, 1.165) is 12.2 Å². The Morgan fingerprint density at radius 2 is 2.17 bits per heavy atom. The highest BCUT2D eigenvalue weighted by Crippen LogP contribution is 2.28. The van der Waals surface area contributed by atoms with Crippen LogP contribution in [-0.4, -0.2) is 33.8 Å². The Balaban J connectivity index is 2.09. The molecule has 0 radical (unpaired) electrons. The zero-order valence-corrected chi connectivity index (χ0v) is 12.1. The SMILES string of the molecule is Cc1nn(C)cc1C(C)N1CCCC(C(C)N)C1. The maximum Gasteiger partial charge on any atom is 0.0641 e. The van der Waals surface area contributed by atoms with Crippen LogP contribution in [0.1, 0.15) is 44.0 Å². The van der Waals surface area contributed by atoms with Crippen LogP contribution in [0.5, 0.6) is 0 Å². The van der Waals surface area contributed by atoms with Gasteiger partial charge in [0.25, 0.3) is 0 Å². The Morgan fingerprint density at radius 1 is 1.44 bits per heavy atom. The fourth-order valence-electron chi connectivity index (χ4n) is 3.05. The molecule has 0 amide bonds. The number of likely N-dealkylation sites (tertiary alicyclic amines) is 1. The fourth-order valence-corrected chi connectivity index (χ4v) is 3.05. The third-order valence-electron chi connectivity index (χ3n) is 4.28. The van der Waals surface area contributed by atoms with Crippen LogP contribution in [0.25, 0.3) is 0 Å². The van der Waals surface area contributed by atoms with Crippen molar-refractivity contribution in [1.82, 2.24) is 14.7 Å². The molecular weight excluding hydrogens is 224 g/mol. The van der Waals surface area contributed by atoms with Gasteiger partial charge >= 0.3 is 0 Å². The molecule has 2 heterocycles. The predicted octanol–water partition coefficient (Wildman–Crippen LogP) is 1.85. The summed E-state index contributed by atoms with van der Waals surface area (Å²) < 4.78 is 1.91. The molecule has 0 spiro atoms. The largest absolute Gasteiger partial charge is 0.328 e. The van der Waals surface area contributed by atoms with Gasteiger partial charge in [-0.1, -0.05) is 0 Å². The van der Waals surface area contributed by atoms with Crippen molar-refractivity contribution in [3.05, 3.63) is 17.5 Å². The quantitative estimate of drug-likeness (QED) is 0.890. The summed E-state index contributed by atoms with van der Waals surface area (Å²) >= 11 is 0. The van der Waals surface area contributed by atoms with Crippen molar-refractivity contribution in [3.8, 4) is 0 Å². The fraction of sp³-hybridized carbons (Fsp3) is 0.786. The summed E-state index contributed by atoms with van der Waals surface area (Å²) in [7, 11) is 1.99. The Labute approximate surface area is 110 Å². The van der Waals surface area contributed by atoms with Crippen molar-refractivity contribution in [2.75, 3.05) is 13.1 Å². The summed E-state index contributed by atoms with van der Waals surface area (Å²) in [4.78, 5) is 2.56. The van der Waals surface area contributed by atoms with E-state index >= 15 is 0 Å². The average molecular weight is 250 g/mol. The minimum atomic E-state index is 0.301. The zero-order valence-electron chi connectivity index (χ0n) is 12.1. The molecule has 18 heavy (non-hydrogen) atoms. The lowest BCUT2D eigenvalue weighted by atomic mass is 9.90. The lowest BCUT2D eigenvalue weighted by molar-refractivity contribution is 0.121. The van der Waals surface area contributed by atoms with Gasteiger partial charge < -0.3 is 5.73 Å². The van der Waals surface area contributed by atoms with Crippen LogP contribution in [0, 0.1) is 12.8 Å². The van der Waals surface area contributed by atoms with E-state index in [2.05, 4.69) is 37.0 Å². The number of rotatable bonds is 3.